The van der Waals surface area contributed by atoms with Crippen LogP contribution in [0.3, 0.4) is 0 Å². The first-order chi connectivity index (χ1) is 6.86. The van der Waals surface area contributed by atoms with Gasteiger partial charge in [0.15, 0.2) is 0 Å². The molecular formula is C12H24O2. The molecule has 2 heteroatoms. The summed E-state index contributed by atoms with van der Waals surface area (Å²) in [6.45, 7) is 6.48. The topological polar surface area (TPSA) is 25.1 Å². The molecule has 14 heavy (non-hydrogen) atoms. The van der Waals surface area contributed by atoms with Gasteiger partial charge in [-0.15, -0.1) is 0 Å². The van der Waals surface area contributed by atoms with E-state index in [9.17, 15) is 0 Å². The molecule has 0 aliphatic carbocycles. The van der Waals surface area contributed by atoms with Crippen molar-refractivity contribution < 1.29 is 9.47 Å². The zero-order valence-corrected chi connectivity index (χ0v) is 9.63. The van der Waals surface area contributed by atoms with Crippen molar-refractivity contribution in [1.29, 1.82) is 0 Å². The Labute approximate surface area is 88.0 Å². The van der Waals surface area contributed by atoms with E-state index in [0.717, 1.165) is 13.2 Å². The van der Waals surface area contributed by atoms with E-state index >= 15 is 0 Å². The van der Waals surface area contributed by atoms with Crippen molar-refractivity contribution in [3.05, 3.63) is 0 Å². The molecule has 2 rings (SSSR count). The average Bonchev–Trinajstić information content (AvgIpc) is 3.04. The fourth-order valence-corrected chi connectivity index (χ4v) is 1.33. The molecule has 0 aromatic heterocycles. The summed E-state index contributed by atoms with van der Waals surface area (Å²) in [6, 6.07) is 0. The van der Waals surface area contributed by atoms with Crippen LogP contribution in [0.25, 0.3) is 0 Å². The smallest absolute Gasteiger partial charge is 0.0810 e. The minimum absolute atomic E-state index is 0.653. The zero-order chi connectivity index (χ0) is 10.2. The first-order valence-electron chi connectivity index (χ1n) is 6.10. The summed E-state index contributed by atoms with van der Waals surface area (Å²) in [5.74, 6) is 0. The summed E-state index contributed by atoms with van der Waals surface area (Å²) < 4.78 is 10.0. The van der Waals surface area contributed by atoms with Crippen LogP contribution < -0.4 is 0 Å². The number of unbranched alkanes of at least 4 members (excludes halogenated alkanes) is 2. The fourth-order valence-electron chi connectivity index (χ4n) is 1.33. The maximum Gasteiger partial charge on any atom is 0.0810 e. The van der Waals surface area contributed by atoms with Gasteiger partial charge < -0.3 is 9.47 Å². The summed E-state index contributed by atoms with van der Waals surface area (Å²) in [5, 5.41) is 0. The van der Waals surface area contributed by atoms with Gasteiger partial charge in [0, 0.05) is 0 Å². The quantitative estimate of drug-likeness (QED) is 0.615. The van der Waals surface area contributed by atoms with Gasteiger partial charge in [0.1, 0.15) is 0 Å². The third-order valence-electron chi connectivity index (χ3n) is 2.56. The van der Waals surface area contributed by atoms with Gasteiger partial charge in [-0.2, -0.15) is 0 Å². The van der Waals surface area contributed by atoms with Crippen LogP contribution in [-0.4, -0.2) is 25.4 Å². The minimum atomic E-state index is 0.653. The fraction of sp³-hybridized carbons (Fsp3) is 1.00. The molecule has 0 aromatic rings. The van der Waals surface area contributed by atoms with Crippen molar-refractivity contribution in [2.24, 2.45) is 0 Å². The monoisotopic (exact) mass is 200 g/mol. The maximum absolute atomic E-state index is 5.01. The molecule has 2 nitrogen and oxygen atoms in total. The van der Waals surface area contributed by atoms with Crippen LogP contribution in [0, 0.1) is 0 Å². The molecular weight excluding hydrogens is 176 g/mol. The van der Waals surface area contributed by atoms with Crippen LogP contribution in [0.4, 0.5) is 0 Å². The van der Waals surface area contributed by atoms with E-state index in [1.165, 1.54) is 38.5 Å². The lowest BCUT2D eigenvalue weighted by molar-refractivity contribution is 0.391. The van der Waals surface area contributed by atoms with E-state index in [-0.39, 0.29) is 0 Å². The summed E-state index contributed by atoms with van der Waals surface area (Å²) in [4.78, 5) is 0. The molecule has 2 heterocycles. The molecule has 0 N–H and O–H groups in total. The van der Waals surface area contributed by atoms with Crippen LogP contribution in [0.2, 0.25) is 0 Å². The Morgan fingerprint density at radius 3 is 1.43 bits per heavy atom. The first kappa shape index (κ1) is 12.0. The molecule has 2 aliphatic rings. The molecule has 2 atom stereocenters. The van der Waals surface area contributed by atoms with Crippen molar-refractivity contribution >= 4 is 0 Å². The molecule has 2 fully saturated rings. The number of hydrogen-bond donors (Lipinski definition) is 0. The van der Waals surface area contributed by atoms with Crippen LogP contribution in [-0.2, 0) is 9.47 Å². The van der Waals surface area contributed by atoms with Gasteiger partial charge in [0.25, 0.3) is 0 Å². The molecule has 0 bridgehead atoms. The Morgan fingerprint density at radius 1 is 0.857 bits per heavy atom. The van der Waals surface area contributed by atoms with E-state index in [0.29, 0.717) is 12.2 Å². The largest absolute Gasteiger partial charge is 0.373 e. The second-order valence-corrected chi connectivity index (χ2v) is 4.20. The summed E-state index contributed by atoms with van der Waals surface area (Å²) in [6.07, 6.45) is 9.17. The molecule has 2 saturated heterocycles. The van der Waals surface area contributed by atoms with E-state index < -0.39 is 0 Å². The summed E-state index contributed by atoms with van der Waals surface area (Å²) >= 11 is 0. The average molecular weight is 200 g/mol. The van der Waals surface area contributed by atoms with Gasteiger partial charge in [-0.3, -0.25) is 0 Å². The van der Waals surface area contributed by atoms with E-state index in [4.69, 9.17) is 9.47 Å². The number of ether oxygens (including phenoxy) is 2. The molecule has 2 aliphatic heterocycles. The predicted octanol–water partition coefficient (Wildman–Crippen LogP) is 3.15. The Kier molecular flexibility index (Phi) is 6.20. The van der Waals surface area contributed by atoms with Gasteiger partial charge in [-0.1, -0.05) is 39.5 Å². The van der Waals surface area contributed by atoms with Gasteiger partial charge in [-0.05, 0) is 12.8 Å². The van der Waals surface area contributed by atoms with E-state index in [1.807, 2.05) is 0 Å². The number of epoxide rings is 2. The highest BCUT2D eigenvalue weighted by Crippen LogP contribution is 2.16. The highest BCUT2D eigenvalue weighted by molar-refractivity contribution is 4.67. The van der Waals surface area contributed by atoms with Crippen molar-refractivity contribution in [2.45, 2.75) is 64.6 Å². The molecule has 0 aromatic carbocycles. The highest BCUT2D eigenvalue weighted by atomic mass is 16.6. The van der Waals surface area contributed by atoms with E-state index in [2.05, 4.69) is 13.8 Å². The van der Waals surface area contributed by atoms with Crippen molar-refractivity contribution in [1.82, 2.24) is 0 Å². The second kappa shape index (κ2) is 7.24. The third kappa shape index (κ3) is 7.34. The summed E-state index contributed by atoms with van der Waals surface area (Å²) in [7, 11) is 0. The van der Waals surface area contributed by atoms with Gasteiger partial charge >= 0.3 is 0 Å². The minimum Gasteiger partial charge on any atom is -0.373 e. The highest BCUT2D eigenvalue weighted by Gasteiger charge is 2.20. The SMILES string of the molecule is CCCCC1CO1.CCCCC1CO1. The van der Waals surface area contributed by atoms with Crippen molar-refractivity contribution in [3.8, 4) is 0 Å². The van der Waals surface area contributed by atoms with Crippen LogP contribution >= 0.6 is 0 Å². The van der Waals surface area contributed by atoms with Crippen molar-refractivity contribution in [2.75, 3.05) is 13.2 Å². The van der Waals surface area contributed by atoms with Crippen LogP contribution in [0.5, 0.6) is 0 Å². The van der Waals surface area contributed by atoms with Gasteiger partial charge in [0.2, 0.25) is 0 Å². The zero-order valence-electron chi connectivity index (χ0n) is 9.63. The summed E-state index contributed by atoms with van der Waals surface area (Å²) in [5.41, 5.74) is 0. The lowest BCUT2D eigenvalue weighted by Crippen LogP contribution is -1.81. The predicted molar refractivity (Wildman–Crippen MR) is 58.5 cm³/mol. The number of hydrogen-bond acceptors (Lipinski definition) is 2. The molecule has 0 amide bonds. The molecule has 0 radical (unpaired) electrons. The van der Waals surface area contributed by atoms with Gasteiger partial charge in [-0.25, -0.2) is 0 Å². The molecule has 2 unspecified atom stereocenters. The van der Waals surface area contributed by atoms with Crippen LogP contribution in [0.1, 0.15) is 52.4 Å². The Balaban J connectivity index is 0.000000140. The van der Waals surface area contributed by atoms with Crippen LogP contribution in [0.15, 0.2) is 0 Å². The maximum atomic E-state index is 5.01. The van der Waals surface area contributed by atoms with Crippen molar-refractivity contribution in [3.63, 3.8) is 0 Å². The third-order valence-corrected chi connectivity index (χ3v) is 2.56. The number of rotatable bonds is 6. The normalized spacial score (nSPS) is 27.9. The lowest BCUT2D eigenvalue weighted by Gasteiger charge is -1.86. The second-order valence-electron chi connectivity index (χ2n) is 4.20. The molecule has 0 saturated carbocycles. The molecule has 0 spiro atoms. The Hall–Kier alpha value is -0.0800. The Morgan fingerprint density at radius 2 is 1.21 bits per heavy atom. The molecule has 84 valence electrons. The van der Waals surface area contributed by atoms with Gasteiger partial charge in [0.05, 0.1) is 25.4 Å². The standard InChI is InChI=1S/2C6H12O/c2*1-2-3-4-6-5-7-6/h2*6H,2-5H2,1H3. The lowest BCUT2D eigenvalue weighted by atomic mass is 10.2. The Bertz CT molecular complexity index is 112. The first-order valence-corrected chi connectivity index (χ1v) is 6.10. The van der Waals surface area contributed by atoms with E-state index in [1.54, 1.807) is 0 Å².